The molecule has 0 radical (unpaired) electrons. The predicted molar refractivity (Wildman–Crippen MR) is 78.6 cm³/mol. The number of carboxylic acid groups (broad SMARTS) is 1. The lowest BCUT2D eigenvalue weighted by molar-refractivity contribution is -0.149. The molecule has 0 aromatic rings. The highest BCUT2D eigenvalue weighted by Crippen LogP contribution is 2.48. The van der Waals surface area contributed by atoms with Crippen LogP contribution in [0.4, 0.5) is 0 Å². The average molecular weight is 336 g/mol. The van der Waals surface area contributed by atoms with Crippen molar-refractivity contribution < 1.29 is 29.0 Å². The van der Waals surface area contributed by atoms with Gasteiger partial charge in [-0.2, -0.15) is 0 Å². The number of carboxylic acids is 1. The first-order valence-electron chi connectivity index (χ1n) is 8.52. The quantitative estimate of drug-likeness (QED) is 0.702. The van der Waals surface area contributed by atoms with Crippen LogP contribution in [-0.2, 0) is 23.9 Å². The van der Waals surface area contributed by atoms with Crippen molar-refractivity contribution in [3.63, 3.8) is 0 Å². The summed E-state index contributed by atoms with van der Waals surface area (Å²) in [4.78, 5) is 51.0. The first kappa shape index (κ1) is 15.6. The van der Waals surface area contributed by atoms with Gasteiger partial charge in [0.05, 0.1) is 24.0 Å². The Balaban J connectivity index is 1.40. The lowest BCUT2D eigenvalue weighted by Crippen LogP contribution is -2.43. The van der Waals surface area contributed by atoms with Crippen LogP contribution < -0.4 is 0 Å². The van der Waals surface area contributed by atoms with E-state index in [-0.39, 0.29) is 54.7 Å². The molecule has 0 aliphatic carbocycles. The van der Waals surface area contributed by atoms with Gasteiger partial charge in [-0.1, -0.05) is 0 Å². The Morgan fingerprint density at radius 2 is 1.71 bits per heavy atom. The number of carbonyl (C=O) groups excluding carboxylic acids is 3. The van der Waals surface area contributed by atoms with Crippen LogP contribution in [-0.4, -0.2) is 69.9 Å². The van der Waals surface area contributed by atoms with E-state index in [1.54, 1.807) is 0 Å². The maximum atomic E-state index is 12.5. The number of likely N-dealkylation sites (tertiary alicyclic amines) is 2. The van der Waals surface area contributed by atoms with Gasteiger partial charge in [0, 0.05) is 19.5 Å². The van der Waals surface area contributed by atoms with Gasteiger partial charge in [0.15, 0.2) is 0 Å². The number of hydrogen-bond acceptors (Lipinski definition) is 5. The Hall–Kier alpha value is -1.96. The monoisotopic (exact) mass is 336 g/mol. The Morgan fingerprint density at radius 3 is 2.29 bits per heavy atom. The predicted octanol–water partition coefficient (Wildman–Crippen LogP) is -0.385. The number of rotatable bonds is 4. The lowest BCUT2D eigenvalue weighted by atomic mass is 9.81. The second-order valence-electron chi connectivity index (χ2n) is 7.00. The van der Waals surface area contributed by atoms with Crippen LogP contribution in [0.15, 0.2) is 0 Å². The summed E-state index contributed by atoms with van der Waals surface area (Å²) in [7, 11) is 0. The number of ether oxygens (including phenoxy) is 1. The van der Waals surface area contributed by atoms with Gasteiger partial charge >= 0.3 is 5.97 Å². The SMILES string of the molecule is O=C(O)[C@H]1CCCN1C(=O)CCN1C(=O)C2C3CCC(O3)C2C1=O. The average Bonchev–Trinajstić information content (AvgIpc) is 3.29. The molecule has 2 bridgehead atoms. The van der Waals surface area contributed by atoms with Crippen molar-refractivity contribution in [1.82, 2.24) is 9.80 Å². The van der Waals surface area contributed by atoms with Crippen LogP contribution in [0.25, 0.3) is 0 Å². The van der Waals surface area contributed by atoms with Crippen molar-refractivity contribution in [2.45, 2.75) is 50.4 Å². The number of carbonyl (C=O) groups is 4. The zero-order valence-electron chi connectivity index (χ0n) is 13.2. The molecular weight excluding hydrogens is 316 g/mol. The Morgan fingerprint density at radius 1 is 1.08 bits per heavy atom. The second-order valence-corrected chi connectivity index (χ2v) is 7.00. The van der Waals surface area contributed by atoms with Gasteiger partial charge in [-0.25, -0.2) is 4.79 Å². The fourth-order valence-corrected chi connectivity index (χ4v) is 4.67. The molecule has 4 rings (SSSR count). The number of aliphatic carboxylic acids is 1. The minimum Gasteiger partial charge on any atom is -0.480 e. The first-order valence-corrected chi connectivity index (χ1v) is 8.52. The zero-order valence-corrected chi connectivity index (χ0v) is 13.2. The molecule has 4 unspecified atom stereocenters. The molecular formula is C16H20N2O6. The van der Waals surface area contributed by atoms with Crippen LogP contribution in [0.2, 0.25) is 0 Å². The standard InChI is InChI=1S/C16H20N2O6/c19-11(17-6-1-2-8(17)16(22)23)5-7-18-14(20)12-9-3-4-10(24-9)13(12)15(18)21/h8-10,12-13H,1-7H2,(H,22,23)/t8-,9?,10?,12?,13?/m1/s1. The van der Waals surface area contributed by atoms with Gasteiger partial charge in [-0.15, -0.1) is 0 Å². The van der Waals surface area contributed by atoms with Gasteiger partial charge in [0.1, 0.15) is 6.04 Å². The fraction of sp³-hybridized carbons (Fsp3) is 0.750. The number of amides is 3. The number of imide groups is 1. The van der Waals surface area contributed by atoms with E-state index in [9.17, 15) is 19.2 Å². The molecule has 4 fully saturated rings. The minimum atomic E-state index is -1.00. The van der Waals surface area contributed by atoms with Crippen molar-refractivity contribution in [1.29, 1.82) is 0 Å². The van der Waals surface area contributed by atoms with Gasteiger partial charge in [-0.3, -0.25) is 19.3 Å². The highest BCUT2D eigenvalue weighted by atomic mass is 16.5. The number of hydrogen-bond donors (Lipinski definition) is 1. The van der Waals surface area contributed by atoms with E-state index in [0.717, 1.165) is 12.8 Å². The van der Waals surface area contributed by atoms with Crippen molar-refractivity contribution in [2.24, 2.45) is 11.8 Å². The molecule has 4 aliphatic heterocycles. The summed E-state index contributed by atoms with van der Waals surface area (Å²) in [6.45, 7) is 0.451. The molecule has 4 aliphatic rings. The zero-order chi connectivity index (χ0) is 17.0. The minimum absolute atomic E-state index is 0.0170. The molecule has 4 heterocycles. The summed E-state index contributed by atoms with van der Waals surface area (Å²) in [6, 6.07) is -0.786. The Bertz CT molecular complexity index is 592. The molecule has 1 N–H and O–H groups in total. The largest absolute Gasteiger partial charge is 0.480 e. The summed E-state index contributed by atoms with van der Waals surface area (Å²) in [5, 5.41) is 9.14. The van der Waals surface area contributed by atoms with Gasteiger partial charge in [0.25, 0.3) is 0 Å². The molecule has 0 spiro atoms. The van der Waals surface area contributed by atoms with Crippen molar-refractivity contribution in [3.05, 3.63) is 0 Å². The van der Waals surface area contributed by atoms with Crippen LogP contribution in [0.3, 0.4) is 0 Å². The van der Waals surface area contributed by atoms with Gasteiger partial charge in [-0.05, 0) is 25.7 Å². The van der Waals surface area contributed by atoms with Crippen molar-refractivity contribution in [2.75, 3.05) is 13.1 Å². The highest BCUT2D eigenvalue weighted by molar-refractivity contribution is 6.06. The van der Waals surface area contributed by atoms with Crippen molar-refractivity contribution in [3.8, 4) is 0 Å². The fourth-order valence-electron chi connectivity index (χ4n) is 4.67. The van der Waals surface area contributed by atoms with Crippen LogP contribution in [0, 0.1) is 11.8 Å². The second kappa shape index (κ2) is 5.54. The van der Waals surface area contributed by atoms with Gasteiger partial charge < -0.3 is 14.7 Å². The summed E-state index contributed by atoms with van der Waals surface area (Å²) in [5.74, 6) is -2.55. The third-order valence-electron chi connectivity index (χ3n) is 5.78. The maximum absolute atomic E-state index is 12.5. The van der Waals surface area contributed by atoms with E-state index >= 15 is 0 Å². The van der Waals surface area contributed by atoms with Crippen LogP contribution >= 0.6 is 0 Å². The highest BCUT2D eigenvalue weighted by Gasteiger charge is 2.62. The normalized spacial score (nSPS) is 37.4. The molecule has 5 atom stereocenters. The van der Waals surface area contributed by atoms with E-state index in [2.05, 4.69) is 0 Å². The van der Waals surface area contributed by atoms with E-state index in [0.29, 0.717) is 19.4 Å². The summed E-state index contributed by atoms with van der Waals surface area (Å²) >= 11 is 0. The summed E-state index contributed by atoms with van der Waals surface area (Å²) < 4.78 is 5.67. The molecule has 4 saturated heterocycles. The van der Waals surface area contributed by atoms with E-state index in [4.69, 9.17) is 9.84 Å². The number of fused-ring (bicyclic) bond motifs is 5. The van der Waals surface area contributed by atoms with Crippen molar-refractivity contribution >= 4 is 23.7 Å². The third-order valence-corrected chi connectivity index (χ3v) is 5.78. The van der Waals surface area contributed by atoms with E-state index in [1.165, 1.54) is 9.80 Å². The molecule has 130 valence electrons. The molecule has 8 heteroatoms. The molecule has 24 heavy (non-hydrogen) atoms. The third kappa shape index (κ3) is 2.16. The van der Waals surface area contributed by atoms with Crippen LogP contribution in [0.5, 0.6) is 0 Å². The van der Waals surface area contributed by atoms with E-state index in [1.807, 2.05) is 0 Å². The first-order chi connectivity index (χ1) is 11.5. The topological polar surface area (TPSA) is 104 Å². The maximum Gasteiger partial charge on any atom is 0.326 e. The molecule has 3 amide bonds. The molecule has 0 aromatic heterocycles. The molecule has 0 aromatic carbocycles. The molecule has 0 saturated carbocycles. The summed E-state index contributed by atoms with van der Waals surface area (Å²) in [6.07, 6.45) is 2.40. The Kier molecular flexibility index (Phi) is 3.59. The Labute approximate surface area is 138 Å². The molecule has 8 nitrogen and oxygen atoms in total. The van der Waals surface area contributed by atoms with E-state index < -0.39 is 12.0 Å². The smallest absolute Gasteiger partial charge is 0.326 e. The van der Waals surface area contributed by atoms with Crippen LogP contribution in [0.1, 0.15) is 32.1 Å². The lowest BCUT2D eigenvalue weighted by Gasteiger charge is -2.23. The number of nitrogens with zero attached hydrogens (tertiary/aromatic N) is 2. The summed E-state index contributed by atoms with van der Waals surface area (Å²) in [5.41, 5.74) is 0. The van der Waals surface area contributed by atoms with Gasteiger partial charge in [0.2, 0.25) is 17.7 Å².